The fraction of sp³-hybridized carbons (Fsp3) is 0.769. The molecule has 2 unspecified atom stereocenters. The summed E-state index contributed by atoms with van der Waals surface area (Å²) in [4.78, 5) is 76.9. The molecule has 2 aliphatic carbocycles. The molecule has 2 N–H and O–H groups in total. The molecule has 2 heterocycles. The van der Waals surface area contributed by atoms with Gasteiger partial charge in [-0.1, -0.05) is 0 Å². The van der Waals surface area contributed by atoms with Crippen LogP contribution >= 0.6 is 0 Å². The summed E-state index contributed by atoms with van der Waals surface area (Å²) in [6.45, 7) is 0.243. The second-order valence-electron chi connectivity index (χ2n) is 10.6. The SMILES string of the molecule is O=C(COC(=O)C1CCCN1C(=O)CCCCC(=O)N1CCCC1C(=O)OCC(=O)NC1CC1)NC1CC1. The fourth-order valence-corrected chi connectivity index (χ4v) is 4.92. The number of carbonyl (C=O) groups is 6. The van der Waals surface area contributed by atoms with Crippen LogP contribution in [-0.2, 0) is 38.2 Å². The fourth-order valence-electron chi connectivity index (χ4n) is 4.92. The average molecular weight is 535 g/mol. The first kappa shape index (κ1) is 27.8. The molecule has 38 heavy (non-hydrogen) atoms. The molecule has 0 aromatic rings. The maximum absolute atomic E-state index is 12.7. The van der Waals surface area contributed by atoms with Crippen molar-refractivity contribution in [1.29, 1.82) is 0 Å². The maximum Gasteiger partial charge on any atom is 0.329 e. The number of esters is 2. The molecular formula is C26H38N4O8. The number of likely N-dealkylation sites (tertiary alicyclic amines) is 2. The van der Waals surface area contributed by atoms with E-state index in [1.807, 2.05) is 0 Å². The van der Waals surface area contributed by atoms with Crippen molar-refractivity contribution >= 4 is 35.6 Å². The second-order valence-corrected chi connectivity index (χ2v) is 10.6. The lowest BCUT2D eigenvalue weighted by atomic mass is 10.1. The van der Waals surface area contributed by atoms with Crippen molar-refractivity contribution in [1.82, 2.24) is 20.4 Å². The normalized spacial score (nSPS) is 22.6. The summed E-state index contributed by atoms with van der Waals surface area (Å²) in [6.07, 6.45) is 7.49. The number of rotatable bonds is 13. The van der Waals surface area contributed by atoms with Crippen LogP contribution in [0.5, 0.6) is 0 Å². The highest BCUT2D eigenvalue weighted by atomic mass is 16.5. The lowest BCUT2D eigenvalue weighted by Crippen LogP contribution is -2.43. The summed E-state index contributed by atoms with van der Waals surface area (Å²) in [5.41, 5.74) is 0. The van der Waals surface area contributed by atoms with Gasteiger partial charge in [0.25, 0.3) is 11.8 Å². The summed E-state index contributed by atoms with van der Waals surface area (Å²) in [6, 6.07) is -0.985. The van der Waals surface area contributed by atoms with E-state index in [0.717, 1.165) is 25.7 Å². The van der Waals surface area contributed by atoms with Gasteiger partial charge in [-0.2, -0.15) is 0 Å². The van der Waals surface area contributed by atoms with Gasteiger partial charge in [-0.25, -0.2) is 9.59 Å². The minimum absolute atomic E-state index is 0.175. The third-order valence-electron chi connectivity index (χ3n) is 7.30. The smallest absolute Gasteiger partial charge is 0.329 e. The van der Waals surface area contributed by atoms with E-state index in [4.69, 9.17) is 9.47 Å². The first-order chi connectivity index (χ1) is 18.3. The van der Waals surface area contributed by atoms with Crippen LogP contribution in [0.2, 0.25) is 0 Å². The second kappa shape index (κ2) is 13.1. The predicted octanol–water partition coefficient (Wildman–Crippen LogP) is 0.172. The Morgan fingerprint density at radius 3 is 1.37 bits per heavy atom. The lowest BCUT2D eigenvalue weighted by molar-refractivity contribution is -0.156. The summed E-state index contributed by atoms with van der Waals surface area (Å²) in [5.74, 6) is -2.12. The van der Waals surface area contributed by atoms with E-state index < -0.39 is 24.0 Å². The molecule has 12 nitrogen and oxygen atoms in total. The number of nitrogens with zero attached hydrogens (tertiary/aromatic N) is 2. The Bertz CT molecular complexity index is 858. The molecule has 2 aliphatic heterocycles. The van der Waals surface area contributed by atoms with Crippen molar-refractivity contribution in [3.63, 3.8) is 0 Å². The van der Waals surface area contributed by atoms with Crippen molar-refractivity contribution in [2.45, 2.75) is 101 Å². The van der Waals surface area contributed by atoms with Crippen LogP contribution < -0.4 is 10.6 Å². The van der Waals surface area contributed by atoms with Crippen LogP contribution in [0, 0.1) is 0 Å². The molecule has 12 heteroatoms. The van der Waals surface area contributed by atoms with Crippen LogP contribution in [0.1, 0.15) is 77.0 Å². The van der Waals surface area contributed by atoms with Crippen LogP contribution in [-0.4, -0.2) is 95.8 Å². The lowest BCUT2D eigenvalue weighted by Gasteiger charge is -2.24. The standard InChI is InChI=1S/C26H38N4O8/c31-21(27-17-9-10-17)15-37-25(35)19-5-3-13-29(19)23(33)7-1-2-8-24(34)30-14-4-6-20(30)26(36)38-16-22(32)28-18-11-12-18/h17-20H,1-16H2,(H,27,31)(H,28,32). The Balaban J connectivity index is 1.12. The minimum Gasteiger partial charge on any atom is -0.454 e. The van der Waals surface area contributed by atoms with Gasteiger partial charge in [0, 0.05) is 38.0 Å². The number of unbranched alkanes of at least 4 members (excludes halogenated alkanes) is 1. The molecule has 0 radical (unpaired) electrons. The van der Waals surface area contributed by atoms with Gasteiger partial charge in [0.05, 0.1) is 0 Å². The number of amides is 4. The first-order valence-corrected chi connectivity index (χ1v) is 13.8. The predicted molar refractivity (Wildman–Crippen MR) is 132 cm³/mol. The van der Waals surface area contributed by atoms with Gasteiger partial charge in [0.1, 0.15) is 12.1 Å². The zero-order valence-electron chi connectivity index (χ0n) is 21.8. The number of ether oxygens (including phenoxy) is 2. The average Bonchev–Trinajstić information content (AvgIpc) is 3.78. The molecule has 4 amide bonds. The third-order valence-corrected chi connectivity index (χ3v) is 7.30. The first-order valence-electron chi connectivity index (χ1n) is 13.8. The van der Waals surface area contributed by atoms with Crippen LogP contribution in [0.3, 0.4) is 0 Å². The van der Waals surface area contributed by atoms with Crippen molar-refractivity contribution < 1.29 is 38.2 Å². The molecule has 210 valence electrons. The highest BCUT2D eigenvalue weighted by molar-refractivity contribution is 5.88. The van der Waals surface area contributed by atoms with E-state index >= 15 is 0 Å². The molecule has 0 aromatic carbocycles. The minimum atomic E-state index is -0.680. The number of nitrogens with one attached hydrogen (secondary N) is 2. The Kier molecular flexibility index (Phi) is 9.57. The highest BCUT2D eigenvalue weighted by Gasteiger charge is 2.37. The molecule has 0 spiro atoms. The van der Waals surface area contributed by atoms with E-state index in [1.54, 1.807) is 0 Å². The van der Waals surface area contributed by atoms with Gasteiger partial charge in [-0.05, 0) is 64.2 Å². The van der Waals surface area contributed by atoms with Crippen LogP contribution in [0.25, 0.3) is 0 Å². The molecule has 4 rings (SSSR count). The molecule has 2 atom stereocenters. The number of carbonyl (C=O) groups excluding carboxylic acids is 6. The topological polar surface area (TPSA) is 151 Å². The molecule has 4 aliphatic rings. The van der Waals surface area contributed by atoms with Crippen molar-refractivity contribution in [2.75, 3.05) is 26.3 Å². The van der Waals surface area contributed by atoms with Gasteiger partial charge in [0.2, 0.25) is 11.8 Å². The van der Waals surface area contributed by atoms with Crippen LogP contribution in [0.4, 0.5) is 0 Å². The van der Waals surface area contributed by atoms with Crippen molar-refractivity contribution in [3.05, 3.63) is 0 Å². The third kappa shape index (κ3) is 8.16. The molecule has 2 saturated carbocycles. The molecule has 2 saturated heterocycles. The Morgan fingerprint density at radius 1 is 0.605 bits per heavy atom. The molecule has 0 bridgehead atoms. The van der Waals surface area contributed by atoms with Gasteiger partial charge < -0.3 is 29.9 Å². The quantitative estimate of drug-likeness (QED) is 0.251. The van der Waals surface area contributed by atoms with E-state index in [1.165, 1.54) is 9.80 Å². The molecule has 4 fully saturated rings. The zero-order valence-corrected chi connectivity index (χ0v) is 21.8. The largest absolute Gasteiger partial charge is 0.454 e. The van der Waals surface area contributed by atoms with E-state index in [-0.39, 0.29) is 61.8 Å². The summed E-state index contributed by atoms with van der Waals surface area (Å²) < 4.78 is 10.3. The van der Waals surface area contributed by atoms with Crippen LogP contribution in [0.15, 0.2) is 0 Å². The van der Waals surface area contributed by atoms with Crippen molar-refractivity contribution in [2.24, 2.45) is 0 Å². The van der Waals surface area contributed by atoms with E-state index in [9.17, 15) is 28.8 Å². The monoisotopic (exact) mass is 534 g/mol. The summed E-state index contributed by atoms with van der Waals surface area (Å²) in [5, 5.41) is 5.51. The number of hydrogen-bond donors (Lipinski definition) is 2. The Hall–Kier alpha value is -3.18. The Labute approximate surface area is 222 Å². The highest BCUT2D eigenvalue weighted by Crippen LogP contribution is 2.23. The summed E-state index contributed by atoms with van der Waals surface area (Å²) >= 11 is 0. The molecule has 0 aromatic heterocycles. The van der Waals surface area contributed by atoms with Gasteiger partial charge in [-0.15, -0.1) is 0 Å². The molecular weight excluding hydrogens is 496 g/mol. The van der Waals surface area contributed by atoms with Gasteiger partial charge >= 0.3 is 11.9 Å². The van der Waals surface area contributed by atoms with Gasteiger partial charge in [-0.3, -0.25) is 19.2 Å². The van der Waals surface area contributed by atoms with Gasteiger partial charge in [0.15, 0.2) is 13.2 Å². The Morgan fingerprint density at radius 2 is 1.00 bits per heavy atom. The van der Waals surface area contributed by atoms with Crippen molar-refractivity contribution in [3.8, 4) is 0 Å². The number of hydrogen-bond acceptors (Lipinski definition) is 8. The zero-order chi connectivity index (χ0) is 27.1. The van der Waals surface area contributed by atoms with E-state index in [2.05, 4.69) is 10.6 Å². The van der Waals surface area contributed by atoms with E-state index in [0.29, 0.717) is 51.6 Å². The summed E-state index contributed by atoms with van der Waals surface area (Å²) in [7, 11) is 0. The maximum atomic E-state index is 12.7.